The van der Waals surface area contributed by atoms with Crippen LogP contribution in [0.15, 0.2) is 18.5 Å². The lowest BCUT2D eigenvalue weighted by Crippen LogP contribution is -2.38. The van der Waals surface area contributed by atoms with Crippen LogP contribution in [0.2, 0.25) is 0 Å². The number of rotatable bonds is 6. The first kappa shape index (κ1) is 21.1. The molecule has 0 bridgehead atoms. The highest BCUT2D eigenvalue weighted by atomic mass is 19.1. The van der Waals surface area contributed by atoms with Crippen LogP contribution < -0.4 is 15.4 Å². The predicted octanol–water partition coefficient (Wildman–Crippen LogP) is 3.93. The average molecular weight is 440 g/mol. The van der Waals surface area contributed by atoms with E-state index < -0.39 is 5.82 Å². The lowest BCUT2D eigenvalue weighted by atomic mass is 10.1. The van der Waals surface area contributed by atoms with Crippen LogP contribution in [0.1, 0.15) is 64.0 Å². The maximum atomic E-state index is 14.7. The first-order valence-corrected chi connectivity index (χ1v) is 11.8. The van der Waals surface area contributed by atoms with Crippen LogP contribution in [-0.2, 0) is 0 Å². The van der Waals surface area contributed by atoms with E-state index in [1.807, 2.05) is 19.9 Å². The molecule has 2 saturated carbocycles. The van der Waals surface area contributed by atoms with E-state index in [2.05, 4.69) is 25.6 Å². The smallest absolute Gasteiger partial charge is 0.223 e. The maximum absolute atomic E-state index is 14.7. The highest BCUT2D eigenvalue weighted by Gasteiger charge is 2.33. The Labute approximate surface area is 187 Å². The molecular weight excluding hydrogens is 409 g/mol. The molecule has 170 valence electrons. The van der Waals surface area contributed by atoms with Crippen molar-refractivity contribution in [3.8, 4) is 17.1 Å². The number of piperidine rings is 1. The number of hydrogen-bond acceptors (Lipinski definition) is 7. The van der Waals surface area contributed by atoms with Gasteiger partial charge in [-0.15, -0.1) is 0 Å². The highest BCUT2D eigenvalue weighted by molar-refractivity contribution is 5.62. The van der Waals surface area contributed by atoms with Crippen LogP contribution in [-0.4, -0.2) is 49.8 Å². The highest BCUT2D eigenvalue weighted by Crippen LogP contribution is 2.44. The summed E-state index contributed by atoms with van der Waals surface area (Å²) >= 11 is 0. The third-order valence-electron chi connectivity index (χ3n) is 5.88. The Morgan fingerprint density at radius 1 is 1.12 bits per heavy atom. The molecule has 3 fully saturated rings. The molecule has 2 N–H and O–H groups in total. The van der Waals surface area contributed by atoms with E-state index in [1.165, 1.54) is 6.20 Å². The summed E-state index contributed by atoms with van der Waals surface area (Å²) in [5.41, 5.74) is 2.30. The zero-order valence-electron chi connectivity index (χ0n) is 18.6. The first-order valence-electron chi connectivity index (χ1n) is 11.8. The maximum Gasteiger partial charge on any atom is 0.223 e. The molecule has 8 nitrogen and oxygen atoms in total. The monoisotopic (exact) mass is 439 g/mol. The number of nitrogens with zero attached hydrogens (tertiary/aromatic N) is 5. The van der Waals surface area contributed by atoms with Gasteiger partial charge in [0.15, 0.2) is 11.5 Å². The standard InChI is InChI=1S/C21H24FN7O.C2H6/c22-15-10-25-21(26-13-2-1-7-23-9-13)27-20(15)16-11-24-18-8-17(30-14-5-6-14)19(12-3-4-12)28-29(16)18;1-2/h8,10-14,23H,1-7,9H2,(H,25,26,27);1-2H3. The molecule has 6 rings (SSSR count). The van der Waals surface area contributed by atoms with Crippen LogP contribution in [0.25, 0.3) is 17.0 Å². The van der Waals surface area contributed by atoms with E-state index in [9.17, 15) is 4.39 Å². The number of anilines is 1. The van der Waals surface area contributed by atoms with Crippen molar-refractivity contribution in [3.05, 3.63) is 30.0 Å². The second-order valence-electron chi connectivity index (χ2n) is 8.48. The van der Waals surface area contributed by atoms with Gasteiger partial charge in [-0.1, -0.05) is 13.8 Å². The molecule has 0 radical (unpaired) electrons. The van der Waals surface area contributed by atoms with Gasteiger partial charge < -0.3 is 15.4 Å². The lowest BCUT2D eigenvalue weighted by Gasteiger charge is -2.23. The third-order valence-corrected chi connectivity index (χ3v) is 5.88. The zero-order chi connectivity index (χ0) is 22.1. The average Bonchev–Trinajstić information content (AvgIpc) is 3.76. The fourth-order valence-corrected chi connectivity index (χ4v) is 3.95. The minimum absolute atomic E-state index is 0.203. The van der Waals surface area contributed by atoms with Crippen molar-refractivity contribution in [2.45, 2.75) is 70.4 Å². The minimum atomic E-state index is -0.489. The molecule has 1 unspecified atom stereocenters. The second kappa shape index (κ2) is 8.97. The second-order valence-corrected chi connectivity index (χ2v) is 8.48. The van der Waals surface area contributed by atoms with Gasteiger partial charge in [0.25, 0.3) is 0 Å². The van der Waals surface area contributed by atoms with E-state index in [1.54, 1.807) is 10.7 Å². The SMILES string of the molecule is CC.Fc1cnc(NC2CCCNC2)nc1-c1cnc2cc(OC3CC3)c(C3CC3)nn12. The van der Waals surface area contributed by atoms with Gasteiger partial charge in [-0.25, -0.2) is 23.9 Å². The fraction of sp³-hybridized carbons (Fsp3) is 0.565. The fourth-order valence-electron chi connectivity index (χ4n) is 3.95. The van der Waals surface area contributed by atoms with Crippen LogP contribution >= 0.6 is 0 Å². The number of aromatic nitrogens is 5. The first-order chi connectivity index (χ1) is 15.7. The molecule has 3 aromatic rings. The molecule has 0 aromatic carbocycles. The molecule has 0 spiro atoms. The lowest BCUT2D eigenvalue weighted by molar-refractivity contribution is 0.297. The van der Waals surface area contributed by atoms with E-state index in [4.69, 9.17) is 9.84 Å². The van der Waals surface area contributed by atoms with Crippen LogP contribution in [0.5, 0.6) is 5.75 Å². The molecule has 32 heavy (non-hydrogen) atoms. The van der Waals surface area contributed by atoms with E-state index in [0.29, 0.717) is 29.3 Å². The number of fused-ring (bicyclic) bond motifs is 1. The van der Waals surface area contributed by atoms with Crippen LogP contribution in [0.4, 0.5) is 10.3 Å². The Hall–Kier alpha value is -2.81. The minimum Gasteiger partial charge on any atom is -0.488 e. The molecule has 3 aromatic heterocycles. The van der Waals surface area contributed by atoms with Gasteiger partial charge in [0.05, 0.1) is 18.5 Å². The van der Waals surface area contributed by atoms with E-state index >= 15 is 0 Å². The number of halogens is 1. The van der Waals surface area contributed by atoms with Crippen molar-refractivity contribution in [2.24, 2.45) is 0 Å². The summed E-state index contributed by atoms with van der Waals surface area (Å²) in [6.07, 6.45) is 9.66. The number of hydrogen-bond donors (Lipinski definition) is 2. The normalized spacial score (nSPS) is 20.5. The van der Waals surface area contributed by atoms with Gasteiger partial charge >= 0.3 is 0 Å². The van der Waals surface area contributed by atoms with Gasteiger partial charge in [-0.2, -0.15) is 5.10 Å². The van der Waals surface area contributed by atoms with Gasteiger partial charge in [-0.3, -0.25) is 0 Å². The number of ether oxygens (including phenoxy) is 1. The van der Waals surface area contributed by atoms with Gasteiger partial charge in [0, 0.05) is 24.6 Å². The Balaban J connectivity index is 0.00000105. The summed E-state index contributed by atoms with van der Waals surface area (Å²) in [6, 6.07) is 2.16. The summed E-state index contributed by atoms with van der Waals surface area (Å²) in [5, 5.41) is 11.5. The van der Waals surface area contributed by atoms with Crippen LogP contribution in [0, 0.1) is 5.82 Å². The van der Waals surface area contributed by atoms with Crippen molar-refractivity contribution in [1.82, 2.24) is 29.9 Å². The van der Waals surface area contributed by atoms with Crippen molar-refractivity contribution in [2.75, 3.05) is 18.4 Å². The molecule has 0 amide bonds. The predicted molar refractivity (Wildman–Crippen MR) is 120 cm³/mol. The molecule has 3 aliphatic rings. The Bertz CT molecular complexity index is 1090. The quantitative estimate of drug-likeness (QED) is 0.601. The van der Waals surface area contributed by atoms with Gasteiger partial charge in [0.2, 0.25) is 5.95 Å². The Kier molecular flexibility index (Phi) is 5.91. The topological polar surface area (TPSA) is 89.3 Å². The molecule has 1 atom stereocenters. The molecule has 1 aliphatic heterocycles. The summed E-state index contributed by atoms with van der Waals surface area (Å²) in [5.74, 6) is 1.16. The Morgan fingerprint density at radius 3 is 2.69 bits per heavy atom. The zero-order valence-corrected chi connectivity index (χ0v) is 18.6. The Morgan fingerprint density at radius 2 is 1.97 bits per heavy atom. The van der Waals surface area contributed by atoms with Crippen molar-refractivity contribution in [3.63, 3.8) is 0 Å². The largest absolute Gasteiger partial charge is 0.488 e. The molecule has 1 saturated heterocycles. The molecule has 4 heterocycles. The third kappa shape index (κ3) is 4.39. The summed E-state index contributed by atoms with van der Waals surface area (Å²) in [4.78, 5) is 13.1. The molecular formula is C23H30FN7O. The summed E-state index contributed by atoms with van der Waals surface area (Å²) < 4.78 is 22.5. The van der Waals surface area contributed by atoms with Crippen molar-refractivity contribution < 1.29 is 9.13 Å². The molecule has 9 heteroatoms. The van der Waals surface area contributed by atoms with Gasteiger partial charge in [-0.05, 0) is 45.1 Å². The van der Waals surface area contributed by atoms with Gasteiger partial charge in [0.1, 0.15) is 22.8 Å². The summed E-state index contributed by atoms with van der Waals surface area (Å²) in [6.45, 7) is 5.87. The van der Waals surface area contributed by atoms with Crippen LogP contribution in [0.3, 0.4) is 0 Å². The number of nitrogens with one attached hydrogen (secondary N) is 2. The molecule has 2 aliphatic carbocycles. The van der Waals surface area contributed by atoms with E-state index in [0.717, 1.165) is 63.1 Å². The van der Waals surface area contributed by atoms with Crippen molar-refractivity contribution in [1.29, 1.82) is 0 Å². The summed E-state index contributed by atoms with van der Waals surface area (Å²) in [7, 11) is 0. The van der Waals surface area contributed by atoms with E-state index in [-0.39, 0.29) is 11.7 Å². The number of imidazole rings is 1. The van der Waals surface area contributed by atoms with Crippen molar-refractivity contribution >= 4 is 11.6 Å².